The Balaban J connectivity index is 1.99. The third kappa shape index (κ3) is 3.48. The number of aromatic amines is 1. The highest BCUT2D eigenvalue weighted by Crippen LogP contribution is 2.16. The second kappa shape index (κ2) is 5.90. The largest absolute Gasteiger partial charge is 0.453 e. The summed E-state index contributed by atoms with van der Waals surface area (Å²) in [4.78, 5) is 11.1. The van der Waals surface area contributed by atoms with Gasteiger partial charge in [-0.15, -0.1) is 0 Å². The highest BCUT2D eigenvalue weighted by atomic mass is 16.5. The van der Waals surface area contributed by atoms with Crippen LogP contribution in [0.1, 0.15) is 11.3 Å². The molecule has 1 aromatic heterocycles. The zero-order chi connectivity index (χ0) is 13.7. The second-order valence-electron chi connectivity index (χ2n) is 4.07. The van der Waals surface area contributed by atoms with Gasteiger partial charge in [-0.1, -0.05) is 6.07 Å². The predicted octanol–water partition coefficient (Wildman–Crippen LogP) is 2.51. The summed E-state index contributed by atoms with van der Waals surface area (Å²) >= 11 is 0. The van der Waals surface area contributed by atoms with Gasteiger partial charge in [0.25, 0.3) is 0 Å². The summed E-state index contributed by atoms with van der Waals surface area (Å²) in [6.07, 6.45) is 1.31. The highest BCUT2D eigenvalue weighted by molar-refractivity contribution is 5.85. The van der Waals surface area contributed by atoms with Gasteiger partial charge >= 0.3 is 6.09 Å². The van der Waals surface area contributed by atoms with Crippen LogP contribution in [0.3, 0.4) is 0 Å². The van der Waals surface area contributed by atoms with Gasteiger partial charge in [-0.25, -0.2) is 4.79 Å². The van der Waals surface area contributed by atoms with E-state index in [9.17, 15) is 4.79 Å². The van der Waals surface area contributed by atoms with E-state index in [4.69, 9.17) is 0 Å². The smallest absolute Gasteiger partial charge is 0.411 e. The van der Waals surface area contributed by atoms with Gasteiger partial charge in [-0.2, -0.15) is 5.10 Å². The number of methoxy groups -OCH3 is 1. The van der Waals surface area contributed by atoms with Gasteiger partial charge < -0.3 is 10.1 Å². The Morgan fingerprint density at radius 1 is 1.42 bits per heavy atom. The molecular formula is C13H16N4O2. The molecule has 0 unspecified atom stereocenters. The van der Waals surface area contributed by atoms with Crippen molar-refractivity contribution < 1.29 is 9.53 Å². The summed E-state index contributed by atoms with van der Waals surface area (Å²) in [6.45, 7) is 2.64. The lowest BCUT2D eigenvalue weighted by Crippen LogP contribution is -2.11. The molecule has 1 heterocycles. The van der Waals surface area contributed by atoms with Gasteiger partial charge in [0, 0.05) is 29.2 Å². The molecule has 100 valence electrons. The molecule has 0 atom stereocenters. The molecule has 0 saturated heterocycles. The van der Waals surface area contributed by atoms with E-state index >= 15 is 0 Å². The van der Waals surface area contributed by atoms with Gasteiger partial charge in [0.05, 0.1) is 13.3 Å². The summed E-state index contributed by atoms with van der Waals surface area (Å²) in [5.74, 6) is 0. The summed E-state index contributed by atoms with van der Waals surface area (Å²) < 4.78 is 4.55. The van der Waals surface area contributed by atoms with Crippen LogP contribution in [0.2, 0.25) is 0 Å². The Bertz CT molecular complexity index is 565. The molecular weight excluding hydrogens is 244 g/mol. The van der Waals surface area contributed by atoms with Crippen molar-refractivity contribution in [2.75, 3.05) is 17.7 Å². The molecule has 3 N–H and O–H groups in total. The molecule has 0 fully saturated rings. The van der Waals surface area contributed by atoms with Crippen LogP contribution in [0, 0.1) is 6.92 Å². The van der Waals surface area contributed by atoms with E-state index in [-0.39, 0.29) is 0 Å². The van der Waals surface area contributed by atoms with Gasteiger partial charge in [-0.3, -0.25) is 10.4 Å². The standard InChI is InChI=1S/C13H16N4O2/c1-9-10(8-15-17-9)7-14-11-4-3-5-12(6-11)16-13(18)19-2/h3-6,8,14H,7H2,1-2H3,(H,15,17)(H,16,18). The minimum absolute atomic E-state index is 0.483. The van der Waals surface area contributed by atoms with E-state index in [1.807, 2.05) is 25.1 Å². The Hall–Kier alpha value is -2.50. The van der Waals surface area contributed by atoms with Crippen LogP contribution in [0.15, 0.2) is 30.5 Å². The zero-order valence-corrected chi connectivity index (χ0v) is 10.9. The Labute approximate surface area is 111 Å². The van der Waals surface area contributed by atoms with E-state index < -0.39 is 6.09 Å². The monoisotopic (exact) mass is 260 g/mol. The third-order valence-corrected chi connectivity index (χ3v) is 2.71. The van der Waals surface area contributed by atoms with Crippen molar-refractivity contribution in [3.8, 4) is 0 Å². The molecule has 0 spiro atoms. The number of anilines is 2. The minimum atomic E-state index is -0.483. The van der Waals surface area contributed by atoms with E-state index in [1.54, 1.807) is 12.3 Å². The molecule has 0 aliphatic carbocycles. The van der Waals surface area contributed by atoms with Crippen LogP contribution in [0.5, 0.6) is 0 Å². The molecule has 0 saturated carbocycles. The molecule has 0 aliphatic heterocycles. The molecule has 1 aromatic carbocycles. The number of ether oxygens (including phenoxy) is 1. The highest BCUT2D eigenvalue weighted by Gasteiger charge is 2.03. The van der Waals surface area contributed by atoms with Crippen molar-refractivity contribution in [2.24, 2.45) is 0 Å². The predicted molar refractivity (Wildman–Crippen MR) is 73.1 cm³/mol. The molecule has 0 radical (unpaired) electrons. The number of carbonyl (C=O) groups is 1. The topological polar surface area (TPSA) is 79.0 Å². The third-order valence-electron chi connectivity index (χ3n) is 2.71. The van der Waals surface area contributed by atoms with Crippen LogP contribution < -0.4 is 10.6 Å². The maximum Gasteiger partial charge on any atom is 0.411 e. The lowest BCUT2D eigenvalue weighted by Gasteiger charge is -2.08. The van der Waals surface area contributed by atoms with Gasteiger partial charge in [-0.05, 0) is 25.1 Å². The lowest BCUT2D eigenvalue weighted by molar-refractivity contribution is 0.187. The number of H-pyrrole nitrogens is 1. The number of nitrogens with zero attached hydrogens (tertiary/aromatic N) is 1. The molecule has 6 nitrogen and oxygen atoms in total. The van der Waals surface area contributed by atoms with E-state index in [0.717, 1.165) is 16.9 Å². The second-order valence-corrected chi connectivity index (χ2v) is 4.07. The number of nitrogens with one attached hydrogen (secondary N) is 3. The number of aryl methyl sites for hydroxylation is 1. The van der Waals surface area contributed by atoms with Crippen molar-refractivity contribution in [3.05, 3.63) is 41.7 Å². The van der Waals surface area contributed by atoms with Crippen LogP contribution in [0.25, 0.3) is 0 Å². The average molecular weight is 260 g/mol. The van der Waals surface area contributed by atoms with Crippen LogP contribution in [0.4, 0.5) is 16.2 Å². The van der Waals surface area contributed by atoms with Gasteiger partial charge in [0.1, 0.15) is 0 Å². The fourth-order valence-corrected chi connectivity index (χ4v) is 1.63. The number of rotatable bonds is 4. The van der Waals surface area contributed by atoms with Crippen molar-refractivity contribution in [3.63, 3.8) is 0 Å². The fourth-order valence-electron chi connectivity index (χ4n) is 1.63. The normalized spacial score (nSPS) is 10.0. The molecule has 2 rings (SSSR count). The first-order valence-electron chi connectivity index (χ1n) is 5.87. The van der Waals surface area contributed by atoms with Crippen molar-refractivity contribution in [1.82, 2.24) is 10.2 Å². The van der Waals surface area contributed by atoms with Crippen LogP contribution in [-0.4, -0.2) is 23.4 Å². The molecule has 0 bridgehead atoms. The summed E-state index contributed by atoms with van der Waals surface area (Å²) in [5.41, 5.74) is 3.73. The van der Waals surface area contributed by atoms with E-state index in [1.165, 1.54) is 7.11 Å². The fraction of sp³-hybridized carbons (Fsp3) is 0.231. The van der Waals surface area contributed by atoms with E-state index in [2.05, 4.69) is 25.6 Å². The van der Waals surface area contributed by atoms with Crippen LogP contribution >= 0.6 is 0 Å². The molecule has 19 heavy (non-hydrogen) atoms. The number of carbonyl (C=O) groups excluding carboxylic acids is 1. The number of hydrogen-bond acceptors (Lipinski definition) is 4. The Morgan fingerprint density at radius 3 is 2.89 bits per heavy atom. The first-order valence-corrected chi connectivity index (χ1v) is 5.87. The molecule has 6 heteroatoms. The van der Waals surface area contributed by atoms with Crippen molar-refractivity contribution in [2.45, 2.75) is 13.5 Å². The number of aromatic nitrogens is 2. The quantitative estimate of drug-likeness (QED) is 0.789. The molecule has 2 aromatic rings. The number of amides is 1. The molecule has 0 aliphatic rings. The minimum Gasteiger partial charge on any atom is -0.453 e. The molecule has 1 amide bonds. The zero-order valence-electron chi connectivity index (χ0n) is 10.9. The number of hydrogen-bond donors (Lipinski definition) is 3. The van der Waals surface area contributed by atoms with E-state index in [0.29, 0.717) is 12.2 Å². The van der Waals surface area contributed by atoms with Crippen molar-refractivity contribution >= 4 is 17.5 Å². The van der Waals surface area contributed by atoms with Crippen molar-refractivity contribution in [1.29, 1.82) is 0 Å². The maximum absolute atomic E-state index is 11.1. The van der Waals surface area contributed by atoms with Gasteiger partial charge in [0.15, 0.2) is 0 Å². The first kappa shape index (κ1) is 12.9. The average Bonchev–Trinajstić information content (AvgIpc) is 2.82. The summed E-state index contributed by atoms with van der Waals surface area (Å²) in [7, 11) is 1.33. The number of benzene rings is 1. The maximum atomic E-state index is 11.1. The Morgan fingerprint density at radius 2 is 2.21 bits per heavy atom. The first-order chi connectivity index (χ1) is 9.19. The Kier molecular flexibility index (Phi) is 4.02. The summed E-state index contributed by atoms with van der Waals surface area (Å²) in [6, 6.07) is 7.42. The van der Waals surface area contributed by atoms with Crippen LogP contribution in [-0.2, 0) is 11.3 Å². The lowest BCUT2D eigenvalue weighted by atomic mass is 10.2. The SMILES string of the molecule is COC(=O)Nc1cccc(NCc2cn[nH]c2C)c1. The summed E-state index contributed by atoms with van der Waals surface area (Å²) in [5, 5.41) is 12.7. The van der Waals surface area contributed by atoms with Gasteiger partial charge in [0.2, 0.25) is 0 Å².